The van der Waals surface area contributed by atoms with Gasteiger partial charge in [-0.15, -0.1) is 11.3 Å². The summed E-state index contributed by atoms with van der Waals surface area (Å²) in [5.74, 6) is -1.05. The Morgan fingerprint density at radius 1 is 1.32 bits per heavy atom. The number of rotatable bonds is 9. The van der Waals surface area contributed by atoms with Crippen LogP contribution in [0.1, 0.15) is 58.0 Å². The molecular formula is C26H26ClFN6O2S. The third-order valence-corrected chi connectivity index (χ3v) is 7.60. The number of amides is 2. The zero-order valence-electron chi connectivity index (χ0n) is 20.4. The predicted molar refractivity (Wildman–Crippen MR) is 140 cm³/mol. The summed E-state index contributed by atoms with van der Waals surface area (Å²) in [6.07, 6.45) is 4.52. The Hall–Kier alpha value is -3.37. The van der Waals surface area contributed by atoms with E-state index in [0.717, 1.165) is 17.7 Å². The van der Waals surface area contributed by atoms with Crippen LogP contribution in [0.15, 0.2) is 36.0 Å². The quantitative estimate of drug-likeness (QED) is 0.318. The third-order valence-electron chi connectivity index (χ3n) is 6.47. The summed E-state index contributed by atoms with van der Waals surface area (Å²) in [4.78, 5) is 39.2. The number of pyridine rings is 1. The molecule has 1 aliphatic carbocycles. The van der Waals surface area contributed by atoms with E-state index < -0.39 is 11.9 Å². The second-order valence-electron chi connectivity index (χ2n) is 9.13. The van der Waals surface area contributed by atoms with Crippen LogP contribution in [0, 0.1) is 12.7 Å². The van der Waals surface area contributed by atoms with Crippen LogP contribution in [0.3, 0.4) is 0 Å². The second-order valence-corrected chi connectivity index (χ2v) is 10.5. The highest BCUT2D eigenvalue weighted by atomic mass is 35.5. The van der Waals surface area contributed by atoms with Gasteiger partial charge in [-0.1, -0.05) is 18.5 Å². The van der Waals surface area contributed by atoms with Crippen LogP contribution in [0.2, 0.25) is 5.15 Å². The highest BCUT2D eigenvalue weighted by molar-refractivity contribution is 7.09. The van der Waals surface area contributed by atoms with Gasteiger partial charge in [0.05, 0.1) is 22.3 Å². The molecule has 1 aliphatic rings. The molecule has 1 fully saturated rings. The largest absolute Gasteiger partial charge is 0.351 e. The number of thiazole rings is 1. The monoisotopic (exact) mass is 540 g/mol. The summed E-state index contributed by atoms with van der Waals surface area (Å²) < 4.78 is 13.8. The van der Waals surface area contributed by atoms with Crippen LogP contribution in [0.5, 0.6) is 0 Å². The van der Waals surface area contributed by atoms with Crippen LogP contribution in [0.25, 0.3) is 10.9 Å². The van der Waals surface area contributed by atoms with E-state index in [1.165, 1.54) is 23.5 Å². The number of nitrogens with one attached hydrogen (secondary N) is 2. The molecule has 1 atom stereocenters. The van der Waals surface area contributed by atoms with Crippen molar-refractivity contribution in [1.29, 1.82) is 0 Å². The molecule has 4 aromatic rings. The zero-order valence-corrected chi connectivity index (χ0v) is 22.0. The van der Waals surface area contributed by atoms with E-state index in [0.29, 0.717) is 46.3 Å². The number of carbonyl (C=O) groups is 2. The maximum atomic E-state index is 14.3. The molecule has 0 bridgehead atoms. The number of fused-ring (bicyclic) bond motifs is 1. The van der Waals surface area contributed by atoms with Crippen molar-refractivity contribution >= 4 is 45.7 Å². The number of H-pyrrole nitrogens is 1. The first-order chi connectivity index (χ1) is 17.9. The first kappa shape index (κ1) is 25.3. The summed E-state index contributed by atoms with van der Waals surface area (Å²) in [6.45, 7) is 3.91. The van der Waals surface area contributed by atoms with Gasteiger partial charge in [-0.3, -0.25) is 24.7 Å². The van der Waals surface area contributed by atoms with Crippen molar-refractivity contribution in [2.75, 3.05) is 6.54 Å². The number of hydrogen-bond acceptors (Lipinski definition) is 6. The van der Waals surface area contributed by atoms with Crippen molar-refractivity contribution in [3.8, 4) is 0 Å². The second kappa shape index (κ2) is 10.5. The van der Waals surface area contributed by atoms with Crippen molar-refractivity contribution in [3.05, 3.63) is 74.3 Å². The molecule has 2 amide bonds. The molecule has 3 heterocycles. The van der Waals surface area contributed by atoms with E-state index in [1.54, 1.807) is 35.7 Å². The lowest BCUT2D eigenvalue weighted by molar-refractivity contribution is -0.126. The molecular weight excluding hydrogens is 515 g/mol. The summed E-state index contributed by atoms with van der Waals surface area (Å²) in [5.41, 5.74) is 4.18. The Morgan fingerprint density at radius 2 is 2.14 bits per heavy atom. The molecule has 37 heavy (non-hydrogen) atoms. The molecule has 5 rings (SSSR count). The van der Waals surface area contributed by atoms with E-state index in [1.807, 2.05) is 6.92 Å². The molecule has 0 saturated heterocycles. The van der Waals surface area contributed by atoms with Crippen molar-refractivity contribution in [2.45, 2.75) is 51.6 Å². The topological polar surface area (TPSA) is 104 Å². The van der Waals surface area contributed by atoms with Crippen molar-refractivity contribution in [2.24, 2.45) is 0 Å². The number of nitrogens with zero attached hydrogens (tertiary/aromatic N) is 4. The molecule has 1 saturated carbocycles. The van der Waals surface area contributed by atoms with Crippen molar-refractivity contribution < 1.29 is 14.0 Å². The first-order valence-electron chi connectivity index (χ1n) is 12.1. The van der Waals surface area contributed by atoms with Gasteiger partial charge in [0.15, 0.2) is 5.15 Å². The highest BCUT2D eigenvalue weighted by Gasteiger charge is 2.38. The minimum absolute atomic E-state index is 0.0860. The average Bonchev–Trinajstić information content (AvgIpc) is 3.42. The molecule has 1 unspecified atom stereocenters. The number of halogens is 2. The normalized spacial score (nSPS) is 14.1. The van der Waals surface area contributed by atoms with Gasteiger partial charge in [0.2, 0.25) is 5.91 Å². The lowest BCUT2D eigenvalue weighted by Crippen LogP contribution is -2.45. The van der Waals surface area contributed by atoms with Crippen LogP contribution < -0.4 is 5.32 Å². The third kappa shape index (κ3) is 5.35. The number of benzene rings is 1. The smallest absolute Gasteiger partial charge is 0.256 e. The summed E-state index contributed by atoms with van der Waals surface area (Å²) in [6, 6.07) is 5.10. The molecule has 0 aliphatic heterocycles. The van der Waals surface area contributed by atoms with Gasteiger partial charge in [-0.05, 0) is 44.4 Å². The van der Waals surface area contributed by atoms with Crippen LogP contribution in [0.4, 0.5) is 4.39 Å². The standard InChI is InChI=1S/C26H26ClFN6O2S/c1-3-20-19(10-15-4-5-16(28)11-21(15)31-20)26(36)34(9-8-18-12-29-13-37-18)23(25(35)30-17-6-7-17)22-14(2)32-33-24(22)27/h4-5,10-13,17,23H,3,6-9H2,1-2H3,(H,30,35)(H,32,33). The number of aromatic nitrogens is 4. The number of carbonyl (C=O) groups excluding carboxylic acids is 2. The Kier molecular flexibility index (Phi) is 7.21. The summed E-state index contributed by atoms with van der Waals surface area (Å²) in [5, 5.41) is 10.8. The fraction of sp³-hybridized carbons (Fsp3) is 0.346. The maximum absolute atomic E-state index is 14.3. The summed E-state index contributed by atoms with van der Waals surface area (Å²) in [7, 11) is 0. The lowest BCUT2D eigenvalue weighted by Gasteiger charge is -2.32. The fourth-order valence-corrected chi connectivity index (χ4v) is 5.27. The minimum atomic E-state index is -0.999. The van der Waals surface area contributed by atoms with Gasteiger partial charge in [-0.2, -0.15) is 5.10 Å². The fourth-order valence-electron chi connectivity index (χ4n) is 4.40. The number of aromatic amines is 1. The molecule has 11 heteroatoms. The Bertz CT molecular complexity index is 1430. The van der Waals surface area contributed by atoms with E-state index >= 15 is 0 Å². The zero-order chi connectivity index (χ0) is 26.1. The molecule has 0 spiro atoms. The highest BCUT2D eigenvalue weighted by Crippen LogP contribution is 2.33. The van der Waals surface area contributed by atoms with Crippen LogP contribution >= 0.6 is 22.9 Å². The van der Waals surface area contributed by atoms with E-state index in [9.17, 15) is 14.0 Å². The average molecular weight is 541 g/mol. The number of hydrogen-bond donors (Lipinski definition) is 2. The van der Waals surface area contributed by atoms with Gasteiger partial charge in [0.1, 0.15) is 11.9 Å². The van der Waals surface area contributed by atoms with E-state index in [4.69, 9.17) is 11.6 Å². The number of aryl methyl sites for hydroxylation is 2. The first-order valence-corrected chi connectivity index (χ1v) is 13.4. The van der Waals surface area contributed by atoms with Crippen LogP contribution in [-0.2, 0) is 17.6 Å². The minimum Gasteiger partial charge on any atom is -0.351 e. The van der Waals surface area contributed by atoms with Crippen molar-refractivity contribution in [3.63, 3.8) is 0 Å². The molecule has 1 aromatic carbocycles. The Labute approximate surface area is 222 Å². The van der Waals surface area contributed by atoms with Gasteiger partial charge < -0.3 is 10.2 Å². The lowest BCUT2D eigenvalue weighted by atomic mass is 10.0. The predicted octanol–water partition coefficient (Wildman–Crippen LogP) is 4.78. The van der Waals surface area contributed by atoms with Crippen molar-refractivity contribution in [1.82, 2.24) is 30.4 Å². The van der Waals surface area contributed by atoms with E-state index in [2.05, 4.69) is 25.5 Å². The Morgan fingerprint density at radius 3 is 2.78 bits per heavy atom. The molecule has 192 valence electrons. The molecule has 8 nitrogen and oxygen atoms in total. The maximum Gasteiger partial charge on any atom is 0.256 e. The van der Waals surface area contributed by atoms with E-state index in [-0.39, 0.29) is 29.6 Å². The van der Waals surface area contributed by atoms with Gasteiger partial charge >= 0.3 is 0 Å². The van der Waals surface area contributed by atoms with Gasteiger partial charge in [-0.25, -0.2) is 4.39 Å². The molecule has 2 N–H and O–H groups in total. The van der Waals surface area contributed by atoms with Gasteiger partial charge in [0.25, 0.3) is 5.91 Å². The molecule has 3 aromatic heterocycles. The van der Waals surface area contributed by atoms with Gasteiger partial charge in [0, 0.05) is 52.8 Å². The summed E-state index contributed by atoms with van der Waals surface area (Å²) >= 11 is 7.95. The Balaban J connectivity index is 1.61. The molecule has 0 radical (unpaired) electrons. The SMILES string of the molecule is CCc1nc2cc(F)ccc2cc1C(=O)N(CCc1cncs1)C(C(=O)NC1CC1)c1c(Cl)n[nH]c1C. The van der Waals surface area contributed by atoms with Crippen LogP contribution in [-0.4, -0.2) is 49.5 Å².